The molecule has 3 unspecified atom stereocenters. The SMILES string of the molecule is CCC(C)C1CNC(C(C)(C)C)CN1C1CCCC1. The highest BCUT2D eigenvalue weighted by atomic mass is 15.3. The van der Waals surface area contributed by atoms with E-state index >= 15 is 0 Å². The number of hydrogen-bond donors (Lipinski definition) is 1. The largest absolute Gasteiger partial charge is 0.311 e. The minimum Gasteiger partial charge on any atom is -0.311 e. The van der Waals surface area contributed by atoms with Crippen molar-refractivity contribution in [2.24, 2.45) is 11.3 Å². The molecule has 0 spiro atoms. The molecule has 2 nitrogen and oxygen atoms in total. The van der Waals surface area contributed by atoms with Gasteiger partial charge in [0.05, 0.1) is 0 Å². The summed E-state index contributed by atoms with van der Waals surface area (Å²) >= 11 is 0. The zero-order valence-electron chi connectivity index (χ0n) is 13.7. The molecular formula is C17H34N2. The van der Waals surface area contributed by atoms with Gasteiger partial charge in [0, 0.05) is 31.2 Å². The van der Waals surface area contributed by atoms with E-state index in [1.165, 1.54) is 45.2 Å². The van der Waals surface area contributed by atoms with E-state index in [1.54, 1.807) is 0 Å². The van der Waals surface area contributed by atoms with Gasteiger partial charge in [-0.25, -0.2) is 0 Å². The van der Waals surface area contributed by atoms with E-state index in [-0.39, 0.29) is 0 Å². The van der Waals surface area contributed by atoms with E-state index < -0.39 is 0 Å². The van der Waals surface area contributed by atoms with Crippen molar-refractivity contribution in [1.29, 1.82) is 0 Å². The summed E-state index contributed by atoms with van der Waals surface area (Å²) in [5.41, 5.74) is 0.372. The molecule has 3 atom stereocenters. The van der Waals surface area contributed by atoms with E-state index in [0.717, 1.165) is 18.0 Å². The molecular weight excluding hydrogens is 232 g/mol. The first kappa shape index (κ1) is 15.3. The first-order valence-electron chi connectivity index (χ1n) is 8.42. The summed E-state index contributed by atoms with van der Waals surface area (Å²) in [7, 11) is 0. The van der Waals surface area contributed by atoms with Crippen LogP contribution in [0.2, 0.25) is 0 Å². The van der Waals surface area contributed by atoms with Gasteiger partial charge in [-0.15, -0.1) is 0 Å². The fourth-order valence-corrected chi connectivity index (χ4v) is 3.83. The zero-order chi connectivity index (χ0) is 14.0. The van der Waals surface area contributed by atoms with Gasteiger partial charge in [-0.1, -0.05) is 53.9 Å². The molecule has 1 N–H and O–H groups in total. The summed E-state index contributed by atoms with van der Waals surface area (Å²) in [6, 6.07) is 2.27. The van der Waals surface area contributed by atoms with Crippen molar-refractivity contribution < 1.29 is 0 Å². The van der Waals surface area contributed by atoms with Crippen LogP contribution in [0.3, 0.4) is 0 Å². The second-order valence-corrected chi connectivity index (χ2v) is 7.91. The lowest BCUT2D eigenvalue weighted by atomic mass is 9.82. The molecule has 2 aliphatic rings. The van der Waals surface area contributed by atoms with Gasteiger partial charge >= 0.3 is 0 Å². The Balaban J connectivity index is 2.09. The maximum absolute atomic E-state index is 3.84. The van der Waals surface area contributed by atoms with Crippen LogP contribution in [0.25, 0.3) is 0 Å². The Morgan fingerprint density at radius 2 is 1.84 bits per heavy atom. The van der Waals surface area contributed by atoms with Crippen molar-refractivity contribution in [1.82, 2.24) is 10.2 Å². The Bertz CT molecular complexity index is 275. The standard InChI is InChI=1S/C17H34N2/c1-6-13(2)15-11-18-16(17(3,4)5)12-19(15)14-9-7-8-10-14/h13-16,18H,6-12H2,1-5H3. The fourth-order valence-electron chi connectivity index (χ4n) is 3.83. The average molecular weight is 266 g/mol. The third-order valence-electron chi connectivity index (χ3n) is 5.53. The molecule has 112 valence electrons. The van der Waals surface area contributed by atoms with Gasteiger partial charge in [0.15, 0.2) is 0 Å². The molecule has 1 heterocycles. The Morgan fingerprint density at radius 3 is 2.37 bits per heavy atom. The molecule has 0 aromatic carbocycles. The van der Waals surface area contributed by atoms with Crippen LogP contribution in [-0.2, 0) is 0 Å². The van der Waals surface area contributed by atoms with Gasteiger partial charge in [0.2, 0.25) is 0 Å². The molecule has 0 bridgehead atoms. The smallest absolute Gasteiger partial charge is 0.0249 e. The molecule has 1 aliphatic carbocycles. The molecule has 2 heteroatoms. The fraction of sp³-hybridized carbons (Fsp3) is 1.00. The molecule has 1 aliphatic heterocycles. The van der Waals surface area contributed by atoms with E-state index in [4.69, 9.17) is 0 Å². The summed E-state index contributed by atoms with van der Waals surface area (Å²) in [5, 5.41) is 3.84. The van der Waals surface area contributed by atoms with E-state index in [1.807, 2.05) is 0 Å². The molecule has 1 saturated heterocycles. The van der Waals surface area contributed by atoms with Gasteiger partial charge in [-0.05, 0) is 24.2 Å². The normalized spacial score (nSPS) is 32.7. The molecule has 0 aromatic heterocycles. The highest BCUT2D eigenvalue weighted by molar-refractivity contribution is 4.96. The highest BCUT2D eigenvalue weighted by Gasteiger charge is 2.39. The Kier molecular flexibility index (Phi) is 4.94. The van der Waals surface area contributed by atoms with Crippen LogP contribution in [0.5, 0.6) is 0 Å². The minimum absolute atomic E-state index is 0.372. The molecule has 2 rings (SSSR count). The molecule has 0 radical (unpaired) electrons. The third-order valence-corrected chi connectivity index (χ3v) is 5.53. The van der Waals surface area contributed by atoms with Crippen LogP contribution >= 0.6 is 0 Å². The maximum Gasteiger partial charge on any atom is 0.0249 e. The van der Waals surface area contributed by atoms with Crippen molar-refractivity contribution in [3.05, 3.63) is 0 Å². The van der Waals surface area contributed by atoms with Crippen LogP contribution in [0.15, 0.2) is 0 Å². The Labute approximate surface area is 120 Å². The van der Waals surface area contributed by atoms with Crippen LogP contribution in [0, 0.1) is 11.3 Å². The first-order valence-corrected chi connectivity index (χ1v) is 8.42. The van der Waals surface area contributed by atoms with Gasteiger partial charge in [0.25, 0.3) is 0 Å². The quantitative estimate of drug-likeness (QED) is 0.838. The maximum atomic E-state index is 3.84. The van der Waals surface area contributed by atoms with Crippen LogP contribution in [-0.4, -0.2) is 36.1 Å². The number of nitrogens with zero attached hydrogens (tertiary/aromatic N) is 1. The van der Waals surface area contributed by atoms with Gasteiger partial charge in [-0.3, -0.25) is 4.90 Å². The number of nitrogens with one attached hydrogen (secondary N) is 1. The highest BCUT2D eigenvalue weighted by Crippen LogP contribution is 2.32. The van der Waals surface area contributed by atoms with Crippen molar-refractivity contribution in [2.75, 3.05) is 13.1 Å². The van der Waals surface area contributed by atoms with E-state index in [0.29, 0.717) is 11.5 Å². The molecule has 0 amide bonds. The van der Waals surface area contributed by atoms with Gasteiger partial charge < -0.3 is 5.32 Å². The van der Waals surface area contributed by atoms with Crippen LogP contribution < -0.4 is 5.32 Å². The van der Waals surface area contributed by atoms with E-state index in [9.17, 15) is 0 Å². The van der Waals surface area contributed by atoms with Crippen molar-refractivity contribution in [2.45, 2.75) is 84.8 Å². The molecule has 1 saturated carbocycles. The molecule has 2 fully saturated rings. The van der Waals surface area contributed by atoms with Crippen molar-refractivity contribution in [3.8, 4) is 0 Å². The lowest BCUT2D eigenvalue weighted by molar-refractivity contribution is 0.0266. The van der Waals surface area contributed by atoms with Crippen molar-refractivity contribution >= 4 is 0 Å². The molecule has 0 aromatic rings. The number of hydrogen-bond acceptors (Lipinski definition) is 2. The first-order chi connectivity index (χ1) is 8.93. The predicted octanol–water partition coefficient (Wildman–Crippen LogP) is 3.66. The summed E-state index contributed by atoms with van der Waals surface area (Å²) in [6.45, 7) is 14.3. The van der Waals surface area contributed by atoms with E-state index in [2.05, 4.69) is 44.8 Å². The molecule has 19 heavy (non-hydrogen) atoms. The number of rotatable bonds is 3. The minimum atomic E-state index is 0.372. The van der Waals surface area contributed by atoms with Gasteiger partial charge in [-0.2, -0.15) is 0 Å². The lowest BCUT2D eigenvalue weighted by Gasteiger charge is -2.49. The monoisotopic (exact) mass is 266 g/mol. The Morgan fingerprint density at radius 1 is 1.21 bits per heavy atom. The van der Waals surface area contributed by atoms with Crippen LogP contribution in [0.1, 0.15) is 66.7 Å². The van der Waals surface area contributed by atoms with Crippen LogP contribution in [0.4, 0.5) is 0 Å². The second-order valence-electron chi connectivity index (χ2n) is 7.91. The topological polar surface area (TPSA) is 15.3 Å². The predicted molar refractivity (Wildman–Crippen MR) is 83.5 cm³/mol. The Hall–Kier alpha value is -0.0800. The summed E-state index contributed by atoms with van der Waals surface area (Å²) in [4.78, 5) is 2.88. The lowest BCUT2D eigenvalue weighted by Crippen LogP contribution is -2.63. The second kappa shape index (κ2) is 6.13. The zero-order valence-corrected chi connectivity index (χ0v) is 13.7. The average Bonchev–Trinajstić information content (AvgIpc) is 2.89. The summed E-state index contributed by atoms with van der Waals surface area (Å²) < 4.78 is 0. The third kappa shape index (κ3) is 3.52. The number of piperazine rings is 1. The van der Waals surface area contributed by atoms with Gasteiger partial charge in [0.1, 0.15) is 0 Å². The van der Waals surface area contributed by atoms with Crippen molar-refractivity contribution in [3.63, 3.8) is 0 Å². The summed E-state index contributed by atoms with van der Waals surface area (Å²) in [5.74, 6) is 0.814. The summed E-state index contributed by atoms with van der Waals surface area (Å²) in [6.07, 6.45) is 7.06.